The molecular weight excluding hydrogens is 358 g/mol. The number of methoxy groups -OCH3 is 1. The highest BCUT2D eigenvalue weighted by Gasteiger charge is 2.23. The molecule has 5 nitrogen and oxygen atoms in total. The fourth-order valence-corrected chi connectivity index (χ4v) is 4.02. The number of anilines is 1. The molecule has 3 heterocycles. The van der Waals surface area contributed by atoms with Crippen LogP contribution in [0.25, 0.3) is 10.6 Å². The monoisotopic (exact) mass is 379 g/mol. The highest BCUT2D eigenvalue weighted by molar-refractivity contribution is 7.13. The van der Waals surface area contributed by atoms with Crippen molar-refractivity contribution in [3.63, 3.8) is 0 Å². The van der Waals surface area contributed by atoms with Crippen LogP contribution in [0.1, 0.15) is 10.4 Å². The van der Waals surface area contributed by atoms with Crippen LogP contribution in [-0.2, 0) is 0 Å². The van der Waals surface area contributed by atoms with Crippen LogP contribution in [0.5, 0.6) is 5.75 Å². The molecule has 1 aliphatic rings. The van der Waals surface area contributed by atoms with E-state index in [2.05, 4.69) is 16.0 Å². The third-order valence-electron chi connectivity index (χ3n) is 4.78. The Morgan fingerprint density at radius 2 is 1.85 bits per heavy atom. The van der Waals surface area contributed by atoms with E-state index in [0.29, 0.717) is 18.7 Å². The lowest BCUT2D eigenvalue weighted by Gasteiger charge is -2.36. The van der Waals surface area contributed by atoms with Gasteiger partial charge in [-0.2, -0.15) is 0 Å². The van der Waals surface area contributed by atoms with E-state index in [4.69, 9.17) is 4.74 Å². The number of piperazine rings is 1. The highest BCUT2D eigenvalue weighted by Crippen LogP contribution is 2.28. The van der Waals surface area contributed by atoms with Gasteiger partial charge in [-0.25, -0.2) is 0 Å². The standard InChI is InChI=1S/C21H21N3O2S/c1-26-19-6-3-2-5-18(19)23-10-12-24(13-11-23)21(25)16-8-9-17(22-15-16)20-7-4-14-27-20/h2-9,14-15H,10-13H2,1H3. The molecule has 6 heteroatoms. The van der Waals surface area contributed by atoms with Crippen molar-refractivity contribution in [3.8, 4) is 16.3 Å². The number of carbonyl (C=O) groups excluding carboxylic acids is 1. The molecule has 3 aromatic rings. The van der Waals surface area contributed by atoms with Gasteiger partial charge in [0.1, 0.15) is 5.75 Å². The molecular formula is C21H21N3O2S. The number of nitrogens with zero attached hydrogens (tertiary/aromatic N) is 3. The second-order valence-electron chi connectivity index (χ2n) is 6.36. The number of pyridine rings is 1. The van der Waals surface area contributed by atoms with Crippen molar-refractivity contribution >= 4 is 22.9 Å². The van der Waals surface area contributed by atoms with Gasteiger partial charge in [0.25, 0.3) is 5.91 Å². The van der Waals surface area contributed by atoms with E-state index >= 15 is 0 Å². The largest absolute Gasteiger partial charge is 0.495 e. The van der Waals surface area contributed by atoms with Crippen LogP contribution >= 0.6 is 11.3 Å². The quantitative estimate of drug-likeness (QED) is 0.692. The lowest BCUT2D eigenvalue weighted by Crippen LogP contribution is -2.48. The topological polar surface area (TPSA) is 45.7 Å². The molecule has 1 saturated heterocycles. The molecule has 1 fully saturated rings. The van der Waals surface area contributed by atoms with Crippen molar-refractivity contribution in [1.29, 1.82) is 0 Å². The number of aromatic nitrogens is 1. The lowest BCUT2D eigenvalue weighted by molar-refractivity contribution is 0.0746. The summed E-state index contributed by atoms with van der Waals surface area (Å²) in [7, 11) is 1.69. The number of thiophene rings is 1. The number of carbonyl (C=O) groups is 1. The first kappa shape index (κ1) is 17.5. The Labute approximate surface area is 162 Å². The minimum absolute atomic E-state index is 0.0416. The predicted octanol–water partition coefficient (Wildman–Crippen LogP) is 3.78. The molecule has 0 aliphatic carbocycles. The maximum atomic E-state index is 12.8. The molecule has 27 heavy (non-hydrogen) atoms. The number of benzene rings is 1. The van der Waals surface area contributed by atoms with Crippen LogP contribution in [0, 0.1) is 0 Å². The van der Waals surface area contributed by atoms with Crippen LogP contribution in [0.15, 0.2) is 60.1 Å². The zero-order chi connectivity index (χ0) is 18.6. The molecule has 0 atom stereocenters. The van der Waals surface area contributed by atoms with Crippen molar-refractivity contribution in [2.24, 2.45) is 0 Å². The van der Waals surface area contributed by atoms with E-state index in [1.165, 1.54) is 0 Å². The number of ether oxygens (including phenoxy) is 1. The fourth-order valence-electron chi connectivity index (χ4n) is 3.31. The van der Waals surface area contributed by atoms with Gasteiger partial charge in [-0.15, -0.1) is 11.3 Å². The first-order valence-corrected chi connectivity index (χ1v) is 9.81. The van der Waals surface area contributed by atoms with Crippen molar-refractivity contribution in [1.82, 2.24) is 9.88 Å². The zero-order valence-electron chi connectivity index (χ0n) is 15.2. The molecule has 1 aromatic carbocycles. The molecule has 0 bridgehead atoms. The molecule has 1 aliphatic heterocycles. The average Bonchev–Trinajstić information content (AvgIpc) is 3.28. The van der Waals surface area contributed by atoms with Crippen LogP contribution in [-0.4, -0.2) is 49.1 Å². The number of hydrogen-bond acceptors (Lipinski definition) is 5. The zero-order valence-corrected chi connectivity index (χ0v) is 16.0. The minimum atomic E-state index is 0.0416. The van der Waals surface area contributed by atoms with Crippen LogP contribution in [0.4, 0.5) is 5.69 Å². The van der Waals surface area contributed by atoms with E-state index in [0.717, 1.165) is 35.1 Å². The SMILES string of the molecule is COc1ccccc1N1CCN(C(=O)c2ccc(-c3cccs3)nc2)CC1. The Hall–Kier alpha value is -2.86. The van der Waals surface area contributed by atoms with Crippen LogP contribution in [0.2, 0.25) is 0 Å². The highest BCUT2D eigenvalue weighted by atomic mass is 32.1. The summed E-state index contributed by atoms with van der Waals surface area (Å²) in [6, 6.07) is 15.8. The van der Waals surface area contributed by atoms with Crippen molar-refractivity contribution in [2.45, 2.75) is 0 Å². The van der Waals surface area contributed by atoms with E-state index in [-0.39, 0.29) is 5.91 Å². The Bertz CT molecular complexity index is 901. The van der Waals surface area contributed by atoms with Crippen LogP contribution < -0.4 is 9.64 Å². The molecule has 0 unspecified atom stereocenters. The first-order chi connectivity index (χ1) is 13.3. The van der Waals surface area contributed by atoms with Gasteiger partial charge < -0.3 is 14.5 Å². The Morgan fingerprint density at radius 3 is 2.52 bits per heavy atom. The summed E-state index contributed by atoms with van der Waals surface area (Å²) in [4.78, 5) is 22.5. The molecule has 0 radical (unpaired) electrons. The smallest absolute Gasteiger partial charge is 0.255 e. The Morgan fingerprint density at radius 1 is 1.04 bits per heavy atom. The third-order valence-corrected chi connectivity index (χ3v) is 5.67. The summed E-state index contributed by atoms with van der Waals surface area (Å²) in [5.41, 5.74) is 2.62. The first-order valence-electron chi connectivity index (χ1n) is 8.93. The molecule has 0 N–H and O–H groups in total. The summed E-state index contributed by atoms with van der Waals surface area (Å²) < 4.78 is 5.45. The lowest BCUT2D eigenvalue weighted by atomic mass is 10.2. The second-order valence-corrected chi connectivity index (χ2v) is 7.31. The number of rotatable bonds is 4. The molecule has 4 rings (SSSR count). The van der Waals surface area contributed by atoms with Gasteiger partial charge in [0, 0.05) is 32.4 Å². The molecule has 1 amide bonds. The minimum Gasteiger partial charge on any atom is -0.495 e. The van der Waals surface area contributed by atoms with Gasteiger partial charge in [0.05, 0.1) is 28.9 Å². The van der Waals surface area contributed by atoms with Gasteiger partial charge in [-0.05, 0) is 35.7 Å². The fraction of sp³-hybridized carbons (Fsp3) is 0.238. The van der Waals surface area contributed by atoms with E-state index < -0.39 is 0 Å². The van der Waals surface area contributed by atoms with Crippen molar-refractivity contribution in [2.75, 3.05) is 38.2 Å². The van der Waals surface area contributed by atoms with Gasteiger partial charge in [-0.1, -0.05) is 18.2 Å². The summed E-state index contributed by atoms with van der Waals surface area (Å²) in [6.45, 7) is 2.94. The molecule has 2 aromatic heterocycles. The number of amides is 1. The van der Waals surface area contributed by atoms with E-state index in [9.17, 15) is 4.79 Å². The summed E-state index contributed by atoms with van der Waals surface area (Å²) in [5.74, 6) is 0.908. The summed E-state index contributed by atoms with van der Waals surface area (Å²) in [6.07, 6.45) is 1.68. The third kappa shape index (κ3) is 3.66. The summed E-state index contributed by atoms with van der Waals surface area (Å²) >= 11 is 1.65. The maximum Gasteiger partial charge on any atom is 0.255 e. The maximum absolute atomic E-state index is 12.8. The predicted molar refractivity (Wildman–Crippen MR) is 109 cm³/mol. The average molecular weight is 379 g/mol. The summed E-state index contributed by atoms with van der Waals surface area (Å²) in [5, 5.41) is 2.03. The number of para-hydroxylation sites is 2. The molecule has 0 spiro atoms. The normalized spacial score (nSPS) is 14.3. The number of hydrogen-bond donors (Lipinski definition) is 0. The molecule has 138 valence electrons. The van der Waals surface area contributed by atoms with Crippen molar-refractivity contribution < 1.29 is 9.53 Å². The van der Waals surface area contributed by atoms with Gasteiger partial charge >= 0.3 is 0 Å². The van der Waals surface area contributed by atoms with E-state index in [1.807, 2.05) is 52.7 Å². The second kappa shape index (κ2) is 7.80. The van der Waals surface area contributed by atoms with Gasteiger partial charge in [-0.3, -0.25) is 9.78 Å². The van der Waals surface area contributed by atoms with E-state index in [1.54, 1.807) is 24.6 Å². The molecule has 0 saturated carbocycles. The Balaban J connectivity index is 1.41. The van der Waals surface area contributed by atoms with Crippen LogP contribution in [0.3, 0.4) is 0 Å². The van der Waals surface area contributed by atoms with Gasteiger partial charge in [0.15, 0.2) is 0 Å². The van der Waals surface area contributed by atoms with Gasteiger partial charge in [0.2, 0.25) is 0 Å². The Kier molecular flexibility index (Phi) is 5.07. The van der Waals surface area contributed by atoms with Crippen molar-refractivity contribution in [3.05, 3.63) is 65.7 Å².